The second-order valence-corrected chi connectivity index (χ2v) is 6.80. The molecule has 2 aliphatic heterocycles. The van der Waals surface area contributed by atoms with Crippen molar-refractivity contribution in [2.24, 2.45) is 5.73 Å². The van der Waals surface area contributed by atoms with Gasteiger partial charge in [-0.25, -0.2) is 0 Å². The van der Waals surface area contributed by atoms with Gasteiger partial charge in [0.05, 0.1) is 17.7 Å². The third-order valence-corrected chi connectivity index (χ3v) is 5.23. The lowest BCUT2D eigenvalue weighted by Crippen LogP contribution is -2.59. The van der Waals surface area contributed by atoms with E-state index in [4.69, 9.17) is 15.2 Å². The molecule has 3 fully saturated rings. The number of carbonyl (C=O) groups is 1. The molecule has 0 radical (unpaired) electrons. The number of carbonyl (C=O) groups excluding carboxylic acids is 1. The average molecular weight is 296 g/mol. The molecule has 2 N–H and O–H groups in total. The van der Waals surface area contributed by atoms with E-state index >= 15 is 0 Å². The Hall–Kier alpha value is -0.650. The summed E-state index contributed by atoms with van der Waals surface area (Å²) in [5.41, 5.74) is 5.60. The molecule has 5 heteroatoms. The predicted octanol–water partition coefficient (Wildman–Crippen LogP) is 1.44. The summed E-state index contributed by atoms with van der Waals surface area (Å²) in [5, 5.41) is 0. The third kappa shape index (κ3) is 3.58. The Morgan fingerprint density at radius 1 is 1.05 bits per heavy atom. The maximum Gasteiger partial charge on any atom is 0.242 e. The lowest BCUT2D eigenvalue weighted by atomic mass is 9.89. The highest BCUT2D eigenvalue weighted by Gasteiger charge is 2.40. The van der Waals surface area contributed by atoms with Crippen molar-refractivity contribution in [3.8, 4) is 0 Å². The highest BCUT2D eigenvalue weighted by atomic mass is 16.5. The normalized spacial score (nSPS) is 28.0. The fourth-order valence-electron chi connectivity index (χ4n) is 3.76. The number of hydrogen-bond donors (Lipinski definition) is 1. The van der Waals surface area contributed by atoms with Gasteiger partial charge in [0, 0.05) is 26.3 Å². The van der Waals surface area contributed by atoms with E-state index in [9.17, 15) is 4.79 Å². The van der Waals surface area contributed by atoms with Crippen LogP contribution in [0, 0.1) is 0 Å². The van der Waals surface area contributed by atoms with Crippen LogP contribution in [-0.2, 0) is 14.3 Å². The van der Waals surface area contributed by atoms with Gasteiger partial charge in [-0.2, -0.15) is 0 Å². The lowest BCUT2D eigenvalue weighted by molar-refractivity contribution is -0.143. The van der Waals surface area contributed by atoms with Gasteiger partial charge in [-0.05, 0) is 38.5 Å². The summed E-state index contributed by atoms with van der Waals surface area (Å²) in [6.45, 7) is 2.78. The fourth-order valence-corrected chi connectivity index (χ4v) is 3.76. The van der Waals surface area contributed by atoms with Crippen LogP contribution < -0.4 is 5.73 Å². The minimum absolute atomic E-state index is 0.116. The smallest absolute Gasteiger partial charge is 0.242 e. The monoisotopic (exact) mass is 296 g/mol. The van der Waals surface area contributed by atoms with Crippen molar-refractivity contribution < 1.29 is 14.3 Å². The first kappa shape index (κ1) is 15.3. The molecule has 1 saturated carbocycles. The molecule has 3 rings (SSSR count). The maximum atomic E-state index is 12.6. The molecule has 0 bridgehead atoms. The topological polar surface area (TPSA) is 64.8 Å². The molecule has 0 unspecified atom stereocenters. The van der Waals surface area contributed by atoms with Crippen LogP contribution in [-0.4, -0.2) is 54.9 Å². The quantitative estimate of drug-likeness (QED) is 0.856. The molecule has 2 heterocycles. The largest absolute Gasteiger partial charge is 0.381 e. The van der Waals surface area contributed by atoms with Crippen molar-refractivity contribution in [2.75, 3.05) is 26.3 Å². The van der Waals surface area contributed by atoms with E-state index in [-0.39, 0.29) is 5.91 Å². The molecule has 0 aromatic heterocycles. The second kappa shape index (κ2) is 6.63. The summed E-state index contributed by atoms with van der Waals surface area (Å²) in [6, 6.07) is 0. The van der Waals surface area contributed by atoms with Crippen LogP contribution in [0.2, 0.25) is 0 Å². The van der Waals surface area contributed by atoms with E-state index in [1.54, 1.807) is 0 Å². The van der Waals surface area contributed by atoms with Gasteiger partial charge in [-0.3, -0.25) is 4.79 Å². The molecule has 1 amide bonds. The van der Waals surface area contributed by atoms with Gasteiger partial charge in [-0.15, -0.1) is 0 Å². The van der Waals surface area contributed by atoms with Gasteiger partial charge in [-0.1, -0.05) is 12.8 Å². The number of amides is 1. The number of ether oxygens (including phenoxy) is 2. The van der Waals surface area contributed by atoms with Gasteiger partial charge >= 0.3 is 0 Å². The summed E-state index contributed by atoms with van der Waals surface area (Å²) in [6.07, 6.45) is 9.03. The summed E-state index contributed by atoms with van der Waals surface area (Å²) < 4.78 is 11.5. The molecule has 0 spiro atoms. The molecule has 3 aliphatic rings. The number of nitrogens with zero attached hydrogens (tertiary/aromatic N) is 1. The Labute approximate surface area is 127 Å². The van der Waals surface area contributed by atoms with Crippen molar-refractivity contribution in [1.82, 2.24) is 4.90 Å². The first-order chi connectivity index (χ1) is 10.2. The summed E-state index contributed by atoms with van der Waals surface area (Å²) in [7, 11) is 0. The zero-order chi connectivity index (χ0) is 14.7. The summed E-state index contributed by atoms with van der Waals surface area (Å²) in [5.74, 6) is 0.116. The number of piperidine rings is 1. The molecule has 2 saturated heterocycles. The zero-order valence-electron chi connectivity index (χ0n) is 12.9. The van der Waals surface area contributed by atoms with Crippen LogP contribution in [0.1, 0.15) is 51.4 Å². The van der Waals surface area contributed by atoms with Crippen LogP contribution in [0.5, 0.6) is 0 Å². The van der Waals surface area contributed by atoms with Gasteiger partial charge < -0.3 is 20.1 Å². The van der Waals surface area contributed by atoms with Crippen LogP contribution in [0.15, 0.2) is 0 Å². The van der Waals surface area contributed by atoms with E-state index in [0.29, 0.717) is 38.3 Å². The minimum Gasteiger partial charge on any atom is -0.381 e. The van der Waals surface area contributed by atoms with Crippen molar-refractivity contribution in [3.05, 3.63) is 0 Å². The summed E-state index contributed by atoms with van der Waals surface area (Å²) in [4.78, 5) is 14.6. The number of likely N-dealkylation sites (tertiary alicyclic amines) is 1. The first-order valence-electron chi connectivity index (χ1n) is 8.49. The molecule has 0 aromatic carbocycles. The molecular weight excluding hydrogens is 268 g/mol. The van der Waals surface area contributed by atoms with Crippen molar-refractivity contribution >= 4 is 5.91 Å². The number of hydrogen-bond acceptors (Lipinski definition) is 4. The predicted molar refractivity (Wildman–Crippen MR) is 79.9 cm³/mol. The molecule has 0 aromatic rings. The Bertz CT molecular complexity index is 355. The standard InChI is InChI=1S/C16H28N2O3/c17-16(7-11-20-12-8-16)15(19)18-9-5-14(6-10-18)21-13-3-1-2-4-13/h13-14H,1-12,17H2. The van der Waals surface area contributed by atoms with Crippen molar-refractivity contribution in [1.29, 1.82) is 0 Å². The van der Waals surface area contributed by atoms with Crippen LogP contribution in [0.4, 0.5) is 0 Å². The molecule has 1 aliphatic carbocycles. The molecular formula is C16H28N2O3. The van der Waals surface area contributed by atoms with E-state index in [0.717, 1.165) is 25.9 Å². The van der Waals surface area contributed by atoms with E-state index in [2.05, 4.69) is 0 Å². The van der Waals surface area contributed by atoms with Crippen molar-refractivity contribution in [3.63, 3.8) is 0 Å². The number of rotatable bonds is 3. The molecule has 21 heavy (non-hydrogen) atoms. The maximum absolute atomic E-state index is 12.6. The second-order valence-electron chi connectivity index (χ2n) is 6.80. The molecule has 120 valence electrons. The number of nitrogens with two attached hydrogens (primary N) is 1. The Morgan fingerprint density at radius 3 is 2.24 bits per heavy atom. The highest BCUT2D eigenvalue weighted by Crippen LogP contribution is 2.27. The summed E-state index contributed by atoms with van der Waals surface area (Å²) >= 11 is 0. The van der Waals surface area contributed by atoms with Crippen LogP contribution in [0.25, 0.3) is 0 Å². The van der Waals surface area contributed by atoms with E-state index < -0.39 is 5.54 Å². The Morgan fingerprint density at radius 2 is 1.62 bits per heavy atom. The molecule has 0 atom stereocenters. The fraction of sp³-hybridized carbons (Fsp3) is 0.938. The van der Waals surface area contributed by atoms with Crippen molar-refractivity contribution in [2.45, 2.75) is 69.1 Å². The van der Waals surface area contributed by atoms with Gasteiger partial charge in [0.1, 0.15) is 0 Å². The third-order valence-electron chi connectivity index (χ3n) is 5.23. The van der Waals surface area contributed by atoms with Gasteiger partial charge in [0.2, 0.25) is 5.91 Å². The minimum atomic E-state index is -0.697. The van der Waals surface area contributed by atoms with Gasteiger partial charge in [0.15, 0.2) is 0 Å². The lowest BCUT2D eigenvalue weighted by Gasteiger charge is -2.40. The van der Waals surface area contributed by atoms with E-state index in [1.165, 1.54) is 25.7 Å². The highest BCUT2D eigenvalue weighted by molar-refractivity contribution is 5.86. The average Bonchev–Trinajstić information content (AvgIpc) is 3.01. The Kier molecular flexibility index (Phi) is 4.82. The zero-order valence-corrected chi connectivity index (χ0v) is 12.9. The Balaban J connectivity index is 1.47. The van der Waals surface area contributed by atoms with E-state index in [1.807, 2.05) is 4.90 Å². The van der Waals surface area contributed by atoms with Crippen LogP contribution >= 0.6 is 0 Å². The van der Waals surface area contributed by atoms with Crippen LogP contribution in [0.3, 0.4) is 0 Å². The molecule has 5 nitrogen and oxygen atoms in total. The van der Waals surface area contributed by atoms with Gasteiger partial charge in [0.25, 0.3) is 0 Å². The first-order valence-corrected chi connectivity index (χ1v) is 8.49. The SMILES string of the molecule is NC1(C(=O)N2CCC(OC3CCCC3)CC2)CCOCC1.